The number of carbonyl (C=O) groups is 1. The average molecular weight is 326 g/mol. The van der Waals surface area contributed by atoms with Crippen LogP contribution in [-0.2, 0) is 4.79 Å². The van der Waals surface area contributed by atoms with E-state index in [1.54, 1.807) is 6.07 Å². The summed E-state index contributed by atoms with van der Waals surface area (Å²) in [4.78, 5) is 11.8. The molecule has 0 aromatic heterocycles. The highest BCUT2D eigenvalue weighted by atomic mass is 16.5. The van der Waals surface area contributed by atoms with E-state index in [9.17, 15) is 4.79 Å². The summed E-state index contributed by atoms with van der Waals surface area (Å²) < 4.78 is 11.0. The zero-order chi connectivity index (χ0) is 17.5. The molecule has 0 saturated heterocycles. The van der Waals surface area contributed by atoms with Gasteiger partial charge in [0.2, 0.25) is 0 Å². The Morgan fingerprint density at radius 1 is 1.04 bits per heavy atom. The maximum Gasteiger partial charge on any atom is 0.311 e. The SMILES string of the molecule is Cc1cccc(OC(=O)CCCOc2ccc(C(C)C)c(C)c2)c1. The molecule has 0 aliphatic heterocycles. The summed E-state index contributed by atoms with van der Waals surface area (Å²) >= 11 is 0. The van der Waals surface area contributed by atoms with Crippen LogP contribution in [0.3, 0.4) is 0 Å². The summed E-state index contributed by atoms with van der Waals surface area (Å²) in [6, 6.07) is 13.7. The van der Waals surface area contributed by atoms with Gasteiger partial charge in [-0.15, -0.1) is 0 Å². The van der Waals surface area contributed by atoms with Crippen LogP contribution in [0.15, 0.2) is 42.5 Å². The van der Waals surface area contributed by atoms with Crippen LogP contribution in [0.4, 0.5) is 0 Å². The van der Waals surface area contributed by atoms with E-state index in [-0.39, 0.29) is 5.97 Å². The van der Waals surface area contributed by atoms with Crippen molar-refractivity contribution in [2.75, 3.05) is 6.61 Å². The van der Waals surface area contributed by atoms with E-state index in [1.807, 2.05) is 31.2 Å². The predicted molar refractivity (Wildman–Crippen MR) is 96.8 cm³/mol. The van der Waals surface area contributed by atoms with E-state index < -0.39 is 0 Å². The van der Waals surface area contributed by atoms with Gasteiger partial charge in [-0.3, -0.25) is 4.79 Å². The van der Waals surface area contributed by atoms with Crippen molar-refractivity contribution in [3.05, 3.63) is 59.2 Å². The number of carbonyl (C=O) groups excluding carboxylic acids is 1. The van der Waals surface area contributed by atoms with Crippen LogP contribution >= 0.6 is 0 Å². The lowest BCUT2D eigenvalue weighted by Gasteiger charge is -2.12. The monoisotopic (exact) mass is 326 g/mol. The number of rotatable bonds is 7. The first-order valence-electron chi connectivity index (χ1n) is 8.46. The topological polar surface area (TPSA) is 35.5 Å². The van der Waals surface area contributed by atoms with Crippen molar-refractivity contribution in [2.24, 2.45) is 0 Å². The Kier molecular flexibility index (Phi) is 6.42. The second-order valence-corrected chi connectivity index (χ2v) is 6.42. The molecule has 0 unspecified atom stereocenters. The minimum absolute atomic E-state index is 0.226. The molecule has 0 fully saturated rings. The molecule has 0 aliphatic rings. The third-order valence-electron chi connectivity index (χ3n) is 3.88. The molecule has 128 valence electrons. The van der Waals surface area contributed by atoms with Crippen molar-refractivity contribution in [1.82, 2.24) is 0 Å². The fraction of sp³-hybridized carbons (Fsp3) is 0.381. The summed E-state index contributed by atoms with van der Waals surface area (Å²) in [5.74, 6) is 1.73. The molecule has 0 radical (unpaired) electrons. The molecule has 3 nitrogen and oxygen atoms in total. The number of hydrogen-bond donors (Lipinski definition) is 0. The second-order valence-electron chi connectivity index (χ2n) is 6.42. The zero-order valence-electron chi connectivity index (χ0n) is 15.0. The minimum atomic E-state index is -0.226. The largest absolute Gasteiger partial charge is 0.494 e. The number of esters is 1. The van der Waals surface area contributed by atoms with Gasteiger partial charge in [0.05, 0.1) is 6.61 Å². The van der Waals surface area contributed by atoms with Gasteiger partial charge in [-0.1, -0.05) is 32.0 Å². The van der Waals surface area contributed by atoms with Crippen molar-refractivity contribution in [1.29, 1.82) is 0 Å². The Morgan fingerprint density at radius 2 is 1.83 bits per heavy atom. The third-order valence-corrected chi connectivity index (χ3v) is 3.88. The van der Waals surface area contributed by atoms with Crippen LogP contribution in [0.1, 0.15) is 49.3 Å². The Hall–Kier alpha value is -2.29. The lowest BCUT2D eigenvalue weighted by atomic mass is 9.98. The fourth-order valence-corrected chi connectivity index (χ4v) is 2.65. The first kappa shape index (κ1) is 18.1. The molecule has 0 atom stereocenters. The maximum atomic E-state index is 11.8. The zero-order valence-corrected chi connectivity index (χ0v) is 15.0. The first-order chi connectivity index (χ1) is 11.5. The van der Waals surface area contributed by atoms with Crippen molar-refractivity contribution in [3.8, 4) is 11.5 Å². The number of benzene rings is 2. The molecule has 0 spiro atoms. The molecule has 24 heavy (non-hydrogen) atoms. The second kappa shape index (κ2) is 8.53. The molecule has 2 aromatic rings. The number of hydrogen-bond acceptors (Lipinski definition) is 3. The number of aryl methyl sites for hydroxylation is 2. The first-order valence-corrected chi connectivity index (χ1v) is 8.46. The van der Waals surface area contributed by atoms with Gasteiger partial charge in [0.25, 0.3) is 0 Å². The molecule has 0 amide bonds. The van der Waals surface area contributed by atoms with Gasteiger partial charge in [-0.2, -0.15) is 0 Å². The van der Waals surface area contributed by atoms with E-state index in [1.165, 1.54) is 11.1 Å². The van der Waals surface area contributed by atoms with Crippen molar-refractivity contribution < 1.29 is 14.3 Å². The molecule has 2 rings (SSSR count). The summed E-state index contributed by atoms with van der Waals surface area (Å²) in [6.07, 6.45) is 0.979. The van der Waals surface area contributed by atoms with Crippen LogP contribution in [-0.4, -0.2) is 12.6 Å². The lowest BCUT2D eigenvalue weighted by Crippen LogP contribution is -2.10. The molecule has 0 heterocycles. The highest BCUT2D eigenvalue weighted by Gasteiger charge is 2.07. The van der Waals surface area contributed by atoms with Gasteiger partial charge in [-0.05, 0) is 67.1 Å². The summed E-state index contributed by atoms with van der Waals surface area (Å²) in [5, 5.41) is 0. The van der Waals surface area contributed by atoms with Gasteiger partial charge in [0.15, 0.2) is 0 Å². The van der Waals surface area contributed by atoms with Gasteiger partial charge in [0, 0.05) is 6.42 Å². The highest BCUT2D eigenvalue weighted by Crippen LogP contribution is 2.23. The van der Waals surface area contributed by atoms with Crippen LogP contribution in [0, 0.1) is 13.8 Å². The lowest BCUT2D eigenvalue weighted by molar-refractivity contribution is -0.134. The molecular formula is C21H26O3. The Labute approximate surface area is 144 Å². The quantitative estimate of drug-likeness (QED) is 0.399. The standard InChI is InChI=1S/C21H26O3/c1-15(2)20-11-10-18(14-17(20)4)23-12-6-9-21(22)24-19-8-5-7-16(3)13-19/h5,7-8,10-11,13-15H,6,9,12H2,1-4H3. The highest BCUT2D eigenvalue weighted by molar-refractivity contribution is 5.72. The minimum Gasteiger partial charge on any atom is -0.494 e. The smallest absolute Gasteiger partial charge is 0.311 e. The molecule has 2 aromatic carbocycles. The average Bonchev–Trinajstić information content (AvgIpc) is 2.51. The molecular weight excluding hydrogens is 300 g/mol. The van der Waals surface area contributed by atoms with Gasteiger partial charge in [-0.25, -0.2) is 0 Å². The molecule has 3 heteroatoms. The molecule has 0 N–H and O–H groups in total. The van der Waals surface area contributed by atoms with Crippen molar-refractivity contribution in [3.63, 3.8) is 0 Å². The Bertz CT molecular complexity index is 689. The van der Waals surface area contributed by atoms with Crippen molar-refractivity contribution >= 4 is 5.97 Å². The fourth-order valence-electron chi connectivity index (χ4n) is 2.65. The van der Waals surface area contributed by atoms with Gasteiger partial charge in [0.1, 0.15) is 11.5 Å². The summed E-state index contributed by atoms with van der Waals surface area (Å²) in [6.45, 7) is 8.94. The van der Waals surface area contributed by atoms with Crippen LogP contribution in [0.5, 0.6) is 11.5 Å². The van der Waals surface area contributed by atoms with Crippen molar-refractivity contribution in [2.45, 2.75) is 46.5 Å². The molecule has 0 saturated carbocycles. The van der Waals surface area contributed by atoms with Gasteiger partial charge >= 0.3 is 5.97 Å². The van der Waals surface area contributed by atoms with E-state index in [0.717, 1.165) is 11.3 Å². The number of ether oxygens (including phenoxy) is 2. The van der Waals surface area contributed by atoms with E-state index in [0.29, 0.717) is 31.1 Å². The predicted octanol–water partition coefficient (Wildman–Crippen LogP) is 5.19. The molecule has 0 aliphatic carbocycles. The Morgan fingerprint density at radius 3 is 2.50 bits per heavy atom. The van der Waals surface area contributed by atoms with Gasteiger partial charge < -0.3 is 9.47 Å². The Balaban J connectivity index is 1.74. The summed E-state index contributed by atoms with van der Waals surface area (Å²) in [5.41, 5.74) is 3.65. The van der Waals surface area contributed by atoms with E-state index in [2.05, 4.69) is 32.9 Å². The normalized spacial score (nSPS) is 10.7. The van der Waals surface area contributed by atoms with E-state index in [4.69, 9.17) is 9.47 Å². The van der Waals surface area contributed by atoms with Crippen LogP contribution in [0.2, 0.25) is 0 Å². The third kappa shape index (κ3) is 5.41. The van der Waals surface area contributed by atoms with E-state index >= 15 is 0 Å². The van der Waals surface area contributed by atoms with Crippen LogP contribution < -0.4 is 9.47 Å². The summed E-state index contributed by atoms with van der Waals surface area (Å²) in [7, 11) is 0. The van der Waals surface area contributed by atoms with Crippen LogP contribution in [0.25, 0.3) is 0 Å². The maximum absolute atomic E-state index is 11.8. The molecule has 0 bridgehead atoms.